The molecule has 114 valence electrons. The van der Waals surface area contributed by atoms with Crippen LogP contribution in [0.1, 0.15) is 36.2 Å². The number of benzene rings is 1. The lowest BCUT2D eigenvalue weighted by molar-refractivity contribution is -0.131. The summed E-state index contributed by atoms with van der Waals surface area (Å²) in [5.74, 6) is 0.237. The predicted octanol–water partition coefficient (Wildman–Crippen LogP) is 1.83. The minimum absolute atomic E-state index is 0.0175. The number of hydrogen-bond donors (Lipinski definition) is 1. The standard InChI is InChI=1S/C17H25N3O/c1-11-5-6-12(2)15(9-11)16-18-13(3)17(21)20(16)14-7-8-19(4)10-14/h5-6,9,13-14,16,18H,7-8,10H2,1-4H3. The molecule has 4 nitrogen and oxygen atoms in total. The summed E-state index contributed by atoms with van der Waals surface area (Å²) in [5, 5.41) is 3.49. The van der Waals surface area contributed by atoms with Crippen molar-refractivity contribution in [2.75, 3.05) is 20.1 Å². The fourth-order valence-corrected chi connectivity index (χ4v) is 3.56. The highest BCUT2D eigenvalue weighted by Gasteiger charge is 2.43. The summed E-state index contributed by atoms with van der Waals surface area (Å²) < 4.78 is 0. The number of likely N-dealkylation sites (tertiary alicyclic amines) is 1. The van der Waals surface area contributed by atoms with Gasteiger partial charge in [-0.15, -0.1) is 0 Å². The second-order valence-electron chi connectivity index (χ2n) is 6.60. The van der Waals surface area contributed by atoms with E-state index in [9.17, 15) is 4.79 Å². The first-order valence-electron chi connectivity index (χ1n) is 7.81. The maximum Gasteiger partial charge on any atom is 0.241 e. The molecule has 0 saturated carbocycles. The largest absolute Gasteiger partial charge is 0.317 e. The van der Waals surface area contributed by atoms with E-state index in [0.717, 1.165) is 19.5 Å². The lowest BCUT2D eigenvalue weighted by Gasteiger charge is -2.31. The normalized spacial score (nSPS) is 30.4. The van der Waals surface area contributed by atoms with Crippen LogP contribution >= 0.6 is 0 Å². The molecular weight excluding hydrogens is 262 g/mol. The molecule has 2 heterocycles. The Hall–Kier alpha value is -1.39. The number of amides is 1. The van der Waals surface area contributed by atoms with Crippen molar-refractivity contribution in [2.45, 2.75) is 45.4 Å². The molecule has 0 aromatic heterocycles. The quantitative estimate of drug-likeness (QED) is 0.901. The van der Waals surface area contributed by atoms with Crippen LogP contribution in [0.3, 0.4) is 0 Å². The topological polar surface area (TPSA) is 35.6 Å². The highest BCUT2D eigenvalue weighted by atomic mass is 16.2. The average Bonchev–Trinajstić information content (AvgIpc) is 2.98. The van der Waals surface area contributed by atoms with Gasteiger partial charge in [0.15, 0.2) is 0 Å². The van der Waals surface area contributed by atoms with E-state index in [-0.39, 0.29) is 18.1 Å². The third-order valence-electron chi connectivity index (χ3n) is 4.80. The predicted molar refractivity (Wildman–Crippen MR) is 84.0 cm³/mol. The number of likely N-dealkylation sites (N-methyl/N-ethyl adjacent to an activating group) is 1. The van der Waals surface area contributed by atoms with Crippen LogP contribution in [0, 0.1) is 13.8 Å². The van der Waals surface area contributed by atoms with Gasteiger partial charge in [0.2, 0.25) is 5.91 Å². The summed E-state index contributed by atoms with van der Waals surface area (Å²) in [7, 11) is 2.13. The Morgan fingerprint density at radius 2 is 2.05 bits per heavy atom. The smallest absolute Gasteiger partial charge is 0.241 e. The Morgan fingerprint density at radius 1 is 1.29 bits per heavy atom. The van der Waals surface area contributed by atoms with Gasteiger partial charge in [0.05, 0.1) is 6.04 Å². The van der Waals surface area contributed by atoms with Crippen LogP contribution in [0.5, 0.6) is 0 Å². The van der Waals surface area contributed by atoms with E-state index in [0.29, 0.717) is 6.04 Å². The van der Waals surface area contributed by atoms with E-state index in [4.69, 9.17) is 0 Å². The number of carbonyl (C=O) groups is 1. The zero-order valence-corrected chi connectivity index (χ0v) is 13.4. The van der Waals surface area contributed by atoms with Crippen molar-refractivity contribution in [1.29, 1.82) is 0 Å². The van der Waals surface area contributed by atoms with E-state index in [1.54, 1.807) is 0 Å². The fourth-order valence-electron chi connectivity index (χ4n) is 3.56. The Balaban J connectivity index is 1.95. The SMILES string of the molecule is Cc1ccc(C)c(C2NC(C)C(=O)N2C2CCN(C)C2)c1. The first kappa shape index (κ1) is 14.5. The zero-order valence-electron chi connectivity index (χ0n) is 13.4. The van der Waals surface area contributed by atoms with E-state index in [2.05, 4.69) is 54.2 Å². The molecule has 4 heteroatoms. The number of nitrogens with one attached hydrogen (secondary N) is 1. The molecule has 2 saturated heterocycles. The molecule has 0 bridgehead atoms. The van der Waals surface area contributed by atoms with Crippen LogP contribution in [-0.2, 0) is 4.79 Å². The van der Waals surface area contributed by atoms with Gasteiger partial charge in [0.1, 0.15) is 6.17 Å². The Kier molecular flexibility index (Phi) is 3.76. The molecule has 1 aromatic carbocycles. The lowest BCUT2D eigenvalue weighted by Crippen LogP contribution is -2.41. The number of rotatable bonds is 2. The molecule has 0 spiro atoms. The highest BCUT2D eigenvalue weighted by Crippen LogP contribution is 2.32. The molecule has 0 radical (unpaired) electrons. The molecule has 1 amide bonds. The third-order valence-corrected chi connectivity index (χ3v) is 4.80. The van der Waals surface area contributed by atoms with Gasteiger partial charge in [-0.05, 0) is 51.9 Å². The van der Waals surface area contributed by atoms with Crippen LogP contribution < -0.4 is 5.32 Å². The third kappa shape index (κ3) is 2.58. The monoisotopic (exact) mass is 287 g/mol. The summed E-state index contributed by atoms with van der Waals surface area (Å²) in [4.78, 5) is 17.0. The second-order valence-corrected chi connectivity index (χ2v) is 6.60. The molecule has 2 aliphatic heterocycles. The first-order valence-corrected chi connectivity index (χ1v) is 7.81. The van der Waals surface area contributed by atoms with Crippen molar-refractivity contribution in [3.63, 3.8) is 0 Å². The Bertz CT molecular complexity index is 557. The van der Waals surface area contributed by atoms with Crippen LogP contribution in [-0.4, -0.2) is 47.9 Å². The van der Waals surface area contributed by atoms with Gasteiger partial charge < -0.3 is 9.80 Å². The number of nitrogens with zero attached hydrogens (tertiary/aromatic N) is 2. The summed E-state index contributed by atoms with van der Waals surface area (Å²) in [6.45, 7) is 8.25. The first-order chi connectivity index (χ1) is 9.97. The molecular formula is C17H25N3O. The Labute approximate surface area is 127 Å². The maximum absolute atomic E-state index is 12.6. The van der Waals surface area contributed by atoms with Crippen molar-refractivity contribution in [1.82, 2.24) is 15.1 Å². The van der Waals surface area contributed by atoms with Gasteiger partial charge in [-0.1, -0.05) is 23.8 Å². The van der Waals surface area contributed by atoms with Crippen molar-refractivity contribution >= 4 is 5.91 Å². The van der Waals surface area contributed by atoms with E-state index < -0.39 is 0 Å². The fraction of sp³-hybridized carbons (Fsp3) is 0.588. The van der Waals surface area contributed by atoms with Gasteiger partial charge in [-0.25, -0.2) is 0 Å². The summed E-state index contributed by atoms with van der Waals surface area (Å²) in [6.07, 6.45) is 1.08. The number of hydrogen-bond acceptors (Lipinski definition) is 3. The second kappa shape index (κ2) is 5.43. The average molecular weight is 287 g/mol. The van der Waals surface area contributed by atoms with E-state index >= 15 is 0 Å². The summed E-state index contributed by atoms with van der Waals surface area (Å²) >= 11 is 0. The van der Waals surface area contributed by atoms with Crippen molar-refractivity contribution in [3.05, 3.63) is 34.9 Å². The van der Waals surface area contributed by atoms with Gasteiger partial charge in [-0.2, -0.15) is 0 Å². The maximum atomic E-state index is 12.6. The van der Waals surface area contributed by atoms with Gasteiger partial charge in [0, 0.05) is 12.6 Å². The number of carbonyl (C=O) groups excluding carboxylic acids is 1. The minimum atomic E-state index is -0.0965. The molecule has 2 fully saturated rings. The molecule has 3 unspecified atom stereocenters. The molecule has 2 aliphatic rings. The zero-order chi connectivity index (χ0) is 15.1. The van der Waals surface area contributed by atoms with Crippen LogP contribution in [0.4, 0.5) is 0 Å². The number of aryl methyl sites for hydroxylation is 2. The van der Waals surface area contributed by atoms with Gasteiger partial charge in [0.25, 0.3) is 0 Å². The van der Waals surface area contributed by atoms with E-state index in [1.807, 2.05) is 6.92 Å². The van der Waals surface area contributed by atoms with E-state index in [1.165, 1.54) is 16.7 Å². The molecule has 1 N–H and O–H groups in total. The molecule has 3 atom stereocenters. The van der Waals surface area contributed by atoms with Crippen LogP contribution in [0.25, 0.3) is 0 Å². The molecule has 1 aromatic rings. The summed E-state index contributed by atoms with van der Waals surface area (Å²) in [5.41, 5.74) is 3.73. The summed E-state index contributed by atoms with van der Waals surface area (Å²) in [6, 6.07) is 6.72. The lowest BCUT2D eigenvalue weighted by atomic mass is 10.0. The van der Waals surface area contributed by atoms with Gasteiger partial charge >= 0.3 is 0 Å². The minimum Gasteiger partial charge on any atom is -0.317 e. The Morgan fingerprint density at radius 3 is 2.71 bits per heavy atom. The van der Waals surface area contributed by atoms with Crippen molar-refractivity contribution in [2.24, 2.45) is 0 Å². The molecule has 21 heavy (non-hydrogen) atoms. The van der Waals surface area contributed by atoms with Crippen LogP contribution in [0.2, 0.25) is 0 Å². The van der Waals surface area contributed by atoms with Gasteiger partial charge in [-0.3, -0.25) is 10.1 Å². The van der Waals surface area contributed by atoms with Crippen molar-refractivity contribution in [3.8, 4) is 0 Å². The molecule has 3 rings (SSSR count). The molecule has 0 aliphatic carbocycles. The van der Waals surface area contributed by atoms with Crippen molar-refractivity contribution < 1.29 is 4.79 Å². The highest BCUT2D eigenvalue weighted by molar-refractivity contribution is 5.84. The van der Waals surface area contributed by atoms with Crippen LogP contribution in [0.15, 0.2) is 18.2 Å².